The number of hydrogen-bond donors (Lipinski definition) is 0. The summed E-state index contributed by atoms with van der Waals surface area (Å²) in [4.78, 5) is 10.9. The van der Waals surface area contributed by atoms with Crippen molar-refractivity contribution in [3.8, 4) is 5.88 Å². The molecule has 0 amide bonds. The van der Waals surface area contributed by atoms with E-state index in [0.29, 0.717) is 30.4 Å². The summed E-state index contributed by atoms with van der Waals surface area (Å²) in [5, 5.41) is 0. The Kier molecular flexibility index (Phi) is 5.48. The van der Waals surface area contributed by atoms with E-state index in [1.807, 2.05) is 19.9 Å². The molecule has 0 fully saturated rings. The number of alkyl halides is 1. The maximum atomic E-state index is 5.80. The average molecular weight is 258 g/mol. The molecule has 17 heavy (non-hydrogen) atoms. The van der Waals surface area contributed by atoms with E-state index in [1.165, 1.54) is 0 Å². The van der Waals surface area contributed by atoms with Crippen LogP contribution in [0.5, 0.6) is 5.88 Å². The number of anilines is 1. The Labute approximate surface area is 108 Å². The van der Waals surface area contributed by atoms with Gasteiger partial charge < -0.3 is 9.64 Å². The lowest BCUT2D eigenvalue weighted by molar-refractivity contribution is 0.325. The number of rotatable bonds is 6. The summed E-state index contributed by atoms with van der Waals surface area (Å²) in [7, 11) is 0. The topological polar surface area (TPSA) is 38.2 Å². The maximum absolute atomic E-state index is 5.80. The molecule has 1 heterocycles. The van der Waals surface area contributed by atoms with Crippen molar-refractivity contribution in [1.29, 1.82) is 0 Å². The normalized spacial score (nSPS) is 10.7. The van der Waals surface area contributed by atoms with Crippen molar-refractivity contribution in [2.75, 3.05) is 23.9 Å². The molecule has 0 unspecified atom stereocenters. The van der Waals surface area contributed by atoms with Gasteiger partial charge in [0.05, 0.1) is 6.61 Å². The molecule has 1 rings (SSSR count). The predicted molar refractivity (Wildman–Crippen MR) is 71.1 cm³/mol. The lowest BCUT2D eigenvalue weighted by Crippen LogP contribution is -2.34. The Morgan fingerprint density at radius 1 is 1.41 bits per heavy atom. The predicted octanol–water partition coefficient (Wildman–Crippen LogP) is 2.64. The number of aryl methyl sites for hydroxylation is 1. The van der Waals surface area contributed by atoms with Gasteiger partial charge in [-0.1, -0.05) is 0 Å². The fraction of sp³-hybridized carbons (Fsp3) is 0.667. The van der Waals surface area contributed by atoms with Crippen LogP contribution in [0.15, 0.2) is 6.07 Å². The second-order valence-corrected chi connectivity index (χ2v) is 4.43. The second kappa shape index (κ2) is 6.64. The van der Waals surface area contributed by atoms with Crippen LogP contribution >= 0.6 is 11.6 Å². The van der Waals surface area contributed by atoms with Gasteiger partial charge in [0.1, 0.15) is 0 Å². The molecule has 0 aliphatic carbocycles. The summed E-state index contributed by atoms with van der Waals surface area (Å²) < 4.78 is 5.42. The average Bonchev–Trinajstić information content (AvgIpc) is 2.25. The van der Waals surface area contributed by atoms with Crippen molar-refractivity contribution >= 4 is 17.5 Å². The van der Waals surface area contributed by atoms with Crippen molar-refractivity contribution in [3.05, 3.63) is 11.8 Å². The van der Waals surface area contributed by atoms with Crippen LogP contribution in [0.4, 0.5) is 5.95 Å². The van der Waals surface area contributed by atoms with Crippen LogP contribution < -0.4 is 9.64 Å². The van der Waals surface area contributed by atoms with E-state index in [0.717, 1.165) is 12.2 Å². The molecule has 0 spiro atoms. The highest BCUT2D eigenvalue weighted by molar-refractivity contribution is 6.18. The Morgan fingerprint density at radius 3 is 2.65 bits per heavy atom. The number of aromatic nitrogens is 2. The van der Waals surface area contributed by atoms with Crippen LogP contribution in [-0.2, 0) is 0 Å². The first-order chi connectivity index (χ1) is 8.08. The van der Waals surface area contributed by atoms with Crippen LogP contribution in [0.25, 0.3) is 0 Å². The van der Waals surface area contributed by atoms with Gasteiger partial charge in [-0.2, -0.15) is 4.98 Å². The lowest BCUT2D eigenvalue weighted by Gasteiger charge is -2.26. The molecule has 1 aromatic heterocycles. The molecule has 0 radical (unpaired) electrons. The molecule has 4 nitrogen and oxygen atoms in total. The van der Waals surface area contributed by atoms with Crippen LogP contribution in [-0.4, -0.2) is 35.0 Å². The molecular weight excluding hydrogens is 238 g/mol. The van der Waals surface area contributed by atoms with E-state index >= 15 is 0 Å². The van der Waals surface area contributed by atoms with Gasteiger partial charge in [-0.05, 0) is 27.7 Å². The Morgan fingerprint density at radius 2 is 2.12 bits per heavy atom. The van der Waals surface area contributed by atoms with Crippen molar-refractivity contribution < 1.29 is 4.74 Å². The summed E-state index contributed by atoms with van der Waals surface area (Å²) in [5.41, 5.74) is 0.902. The molecular formula is C12H20ClN3O. The molecule has 0 aliphatic heterocycles. The summed E-state index contributed by atoms with van der Waals surface area (Å²) in [6.45, 7) is 9.40. The summed E-state index contributed by atoms with van der Waals surface area (Å²) in [5.74, 6) is 1.86. The first-order valence-corrected chi connectivity index (χ1v) is 6.43. The Hall–Kier alpha value is -1.03. The van der Waals surface area contributed by atoms with Crippen molar-refractivity contribution in [2.24, 2.45) is 0 Å². The van der Waals surface area contributed by atoms with Crippen molar-refractivity contribution in [2.45, 2.75) is 33.7 Å². The first-order valence-electron chi connectivity index (χ1n) is 5.89. The monoisotopic (exact) mass is 257 g/mol. The summed E-state index contributed by atoms with van der Waals surface area (Å²) in [6, 6.07) is 2.15. The highest BCUT2D eigenvalue weighted by Crippen LogP contribution is 2.17. The van der Waals surface area contributed by atoms with E-state index in [-0.39, 0.29) is 0 Å². The minimum absolute atomic E-state index is 0.310. The molecule has 5 heteroatoms. The van der Waals surface area contributed by atoms with Crippen LogP contribution in [0.2, 0.25) is 0 Å². The third-order valence-electron chi connectivity index (χ3n) is 2.32. The minimum Gasteiger partial charge on any atom is -0.478 e. The first kappa shape index (κ1) is 14.0. The summed E-state index contributed by atoms with van der Waals surface area (Å²) >= 11 is 5.80. The number of ether oxygens (including phenoxy) is 1. The van der Waals surface area contributed by atoms with Gasteiger partial charge >= 0.3 is 0 Å². The third-order valence-corrected chi connectivity index (χ3v) is 2.49. The SMILES string of the molecule is CCOc1cc(C)nc(N(CCCl)C(C)C)n1. The molecule has 1 aromatic rings. The lowest BCUT2D eigenvalue weighted by atomic mass is 10.3. The number of halogens is 1. The highest BCUT2D eigenvalue weighted by Gasteiger charge is 2.14. The molecule has 0 aliphatic rings. The zero-order valence-corrected chi connectivity index (χ0v) is 11.7. The van der Waals surface area contributed by atoms with Gasteiger partial charge in [0, 0.05) is 30.2 Å². The maximum Gasteiger partial charge on any atom is 0.229 e. The zero-order chi connectivity index (χ0) is 12.8. The molecule has 0 N–H and O–H groups in total. The van der Waals surface area contributed by atoms with Crippen molar-refractivity contribution in [1.82, 2.24) is 9.97 Å². The highest BCUT2D eigenvalue weighted by atomic mass is 35.5. The van der Waals surface area contributed by atoms with E-state index in [1.54, 1.807) is 0 Å². The largest absolute Gasteiger partial charge is 0.478 e. The van der Waals surface area contributed by atoms with Gasteiger partial charge in [-0.15, -0.1) is 11.6 Å². The molecule has 96 valence electrons. The second-order valence-electron chi connectivity index (χ2n) is 4.06. The van der Waals surface area contributed by atoms with Gasteiger partial charge in [0.15, 0.2) is 0 Å². The van der Waals surface area contributed by atoms with Crippen LogP contribution in [0, 0.1) is 6.92 Å². The number of nitrogens with zero attached hydrogens (tertiary/aromatic N) is 3. The zero-order valence-electron chi connectivity index (χ0n) is 10.9. The smallest absolute Gasteiger partial charge is 0.229 e. The molecule has 0 saturated carbocycles. The van der Waals surface area contributed by atoms with Crippen LogP contribution in [0.3, 0.4) is 0 Å². The summed E-state index contributed by atoms with van der Waals surface area (Å²) in [6.07, 6.45) is 0. The standard InChI is InChI=1S/C12H20ClN3O/c1-5-17-11-8-10(4)14-12(15-11)16(7-6-13)9(2)3/h8-9H,5-7H2,1-4H3. The molecule has 0 aromatic carbocycles. The van der Waals surface area contributed by atoms with Gasteiger partial charge in [-0.3, -0.25) is 0 Å². The number of hydrogen-bond acceptors (Lipinski definition) is 4. The Bertz CT molecular complexity index is 358. The van der Waals surface area contributed by atoms with Gasteiger partial charge in [0.2, 0.25) is 11.8 Å². The van der Waals surface area contributed by atoms with E-state index in [9.17, 15) is 0 Å². The van der Waals surface area contributed by atoms with E-state index in [4.69, 9.17) is 16.3 Å². The molecule has 0 bridgehead atoms. The molecule has 0 atom stereocenters. The van der Waals surface area contributed by atoms with E-state index < -0.39 is 0 Å². The fourth-order valence-corrected chi connectivity index (χ4v) is 1.74. The van der Waals surface area contributed by atoms with E-state index in [2.05, 4.69) is 28.7 Å². The molecule has 0 saturated heterocycles. The van der Waals surface area contributed by atoms with Gasteiger partial charge in [-0.25, -0.2) is 4.98 Å². The van der Waals surface area contributed by atoms with Crippen molar-refractivity contribution in [3.63, 3.8) is 0 Å². The third kappa shape index (κ3) is 4.04. The quantitative estimate of drug-likeness (QED) is 0.735. The van der Waals surface area contributed by atoms with Gasteiger partial charge in [0.25, 0.3) is 0 Å². The minimum atomic E-state index is 0.310. The Balaban J connectivity index is 3.00. The fourth-order valence-electron chi connectivity index (χ4n) is 1.56. The van der Waals surface area contributed by atoms with Crippen LogP contribution in [0.1, 0.15) is 26.5 Å².